The Morgan fingerprint density at radius 1 is 1.12 bits per heavy atom. The first-order valence-electron chi connectivity index (χ1n) is 8.37. The highest BCUT2D eigenvalue weighted by atomic mass is 32.2. The molecule has 0 spiro atoms. The molecule has 0 saturated carbocycles. The average Bonchev–Trinajstić information content (AvgIpc) is 2.67. The van der Waals surface area contributed by atoms with Crippen LogP contribution in [0.4, 0.5) is 0 Å². The first kappa shape index (κ1) is 19.7. The molecule has 0 fully saturated rings. The summed E-state index contributed by atoms with van der Waals surface area (Å²) in [5, 5.41) is 3.01. The molecule has 26 heavy (non-hydrogen) atoms. The van der Waals surface area contributed by atoms with Gasteiger partial charge in [-0.1, -0.05) is 49.6 Å². The van der Waals surface area contributed by atoms with Crippen LogP contribution in [0.25, 0.3) is 0 Å². The van der Waals surface area contributed by atoms with Gasteiger partial charge in [-0.2, -0.15) is 4.72 Å². The Bertz CT molecular complexity index is 870. The minimum atomic E-state index is -3.66. The van der Waals surface area contributed by atoms with Gasteiger partial charge < -0.3 is 5.32 Å². The normalized spacial score (nSPS) is 12.2. The highest BCUT2D eigenvalue weighted by Gasteiger charge is 2.17. The van der Waals surface area contributed by atoms with E-state index in [9.17, 15) is 13.2 Å². The van der Waals surface area contributed by atoms with Crippen molar-refractivity contribution in [3.05, 3.63) is 65.7 Å². The Labute approximate surface area is 154 Å². The van der Waals surface area contributed by atoms with Crippen molar-refractivity contribution in [2.24, 2.45) is 0 Å². The number of sulfonamides is 1. The predicted octanol–water partition coefficient (Wildman–Crippen LogP) is 2.87. The van der Waals surface area contributed by atoms with Crippen LogP contribution in [0.1, 0.15) is 41.7 Å². The number of benzene rings is 2. The van der Waals surface area contributed by atoms with Crippen LogP contribution in [0.5, 0.6) is 0 Å². The van der Waals surface area contributed by atoms with Crippen molar-refractivity contribution in [2.45, 2.75) is 30.7 Å². The van der Waals surface area contributed by atoms with Crippen molar-refractivity contribution in [1.29, 1.82) is 0 Å². The zero-order chi connectivity index (χ0) is 19.0. The molecule has 0 saturated heterocycles. The summed E-state index contributed by atoms with van der Waals surface area (Å²) >= 11 is 0. The third-order valence-corrected chi connectivity index (χ3v) is 5.29. The number of hydrogen-bond acceptors (Lipinski definition) is 3. The van der Waals surface area contributed by atoms with Crippen molar-refractivity contribution < 1.29 is 13.2 Å². The number of carbonyl (C=O) groups is 1. The number of nitrogens with one attached hydrogen (secondary N) is 2. The lowest BCUT2D eigenvalue weighted by molar-refractivity contribution is 0.0934. The molecule has 0 aromatic heterocycles. The van der Waals surface area contributed by atoms with Gasteiger partial charge in [-0.3, -0.25) is 4.79 Å². The van der Waals surface area contributed by atoms with Crippen molar-refractivity contribution in [3.8, 4) is 12.3 Å². The van der Waals surface area contributed by atoms with Gasteiger partial charge in [-0.15, -0.1) is 6.42 Å². The molecular weight excluding hydrogens is 348 g/mol. The van der Waals surface area contributed by atoms with E-state index in [0.29, 0.717) is 5.56 Å². The number of carbonyl (C=O) groups excluding carboxylic acids is 1. The van der Waals surface area contributed by atoms with Gasteiger partial charge in [0.25, 0.3) is 5.91 Å². The van der Waals surface area contributed by atoms with Crippen molar-refractivity contribution in [3.63, 3.8) is 0 Å². The van der Waals surface area contributed by atoms with Gasteiger partial charge in [0.1, 0.15) is 0 Å². The van der Waals surface area contributed by atoms with E-state index in [2.05, 4.69) is 22.9 Å². The second kappa shape index (κ2) is 9.18. The molecule has 0 bridgehead atoms. The molecule has 0 aliphatic carbocycles. The highest BCUT2D eigenvalue weighted by Crippen LogP contribution is 2.19. The molecule has 0 heterocycles. The summed E-state index contributed by atoms with van der Waals surface area (Å²) in [7, 11) is -3.66. The topological polar surface area (TPSA) is 75.3 Å². The molecule has 0 radical (unpaired) electrons. The molecule has 1 amide bonds. The lowest BCUT2D eigenvalue weighted by Crippen LogP contribution is -2.28. The van der Waals surface area contributed by atoms with E-state index in [0.717, 1.165) is 18.4 Å². The SMILES string of the molecule is C#CCNS(=O)(=O)c1ccc(C(=O)NC(CCC)c2ccccc2)cc1. The fourth-order valence-corrected chi connectivity index (χ4v) is 3.48. The first-order chi connectivity index (χ1) is 12.5. The summed E-state index contributed by atoms with van der Waals surface area (Å²) in [6, 6.07) is 15.5. The van der Waals surface area contributed by atoms with Gasteiger partial charge in [-0.25, -0.2) is 8.42 Å². The summed E-state index contributed by atoms with van der Waals surface area (Å²) < 4.78 is 26.3. The molecule has 2 rings (SSSR count). The lowest BCUT2D eigenvalue weighted by Gasteiger charge is -2.18. The van der Waals surface area contributed by atoms with Gasteiger partial charge >= 0.3 is 0 Å². The Morgan fingerprint density at radius 3 is 2.35 bits per heavy atom. The Morgan fingerprint density at radius 2 is 1.77 bits per heavy atom. The Balaban J connectivity index is 2.13. The smallest absolute Gasteiger partial charge is 0.251 e. The second-order valence-corrected chi connectivity index (χ2v) is 7.55. The maximum absolute atomic E-state index is 12.5. The summed E-state index contributed by atoms with van der Waals surface area (Å²) in [5.41, 5.74) is 1.44. The number of amides is 1. The first-order valence-corrected chi connectivity index (χ1v) is 9.85. The van der Waals surface area contributed by atoms with E-state index in [4.69, 9.17) is 6.42 Å². The molecule has 0 aliphatic rings. The van der Waals surface area contributed by atoms with Crippen LogP contribution in [-0.4, -0.2) is 20.9 Å². The van der Waals surface area contributed by atoms with Crippen LogP contribution in [0.2, 0.25) is 0 Å². The second-order valence-electron chi connectivity index (χ2n) is 5.78. The maximum Gasteiger partial charge on any atom is 0.251 e. The number of hydrogen-bond donors (Lipinski definition) is 2. The summed E-state index contributed by atoms with van der Waals surface area (Å²) in [5.74, 6) is 1.98. The summed E-state index contributed by atoms with van der Waals surface area (Å²) in [6.07, 6.45) is 6.81. The molecule has 2 aromatic carbocycles. The molecule has 0 aliphatic heterocycles. The lowest BCUT2D eigenvalue weighted by atomic mass is 10.0. The zero-order valence-corrected chi connectivity index (χ0v) is 15.4. The van der Waals surface area contributed by atoms with Gasteiger partial charge in [0, 0.05) is 5.56 Å². The molecule has 136 valence electrons. The third kappa shape index (κ3) is 5.19. The highest BCUT2D eigenvalue weighted by molar-refractivity contribution is 7.89. The zero-order valence-electron chi connectivity index (χ0n) is 14.6. The standard InChI is InChI=1S/C20H22N2O3S/c1-3-8-19(16-9-6-5-7-10-16)22-20(23)17-11-13-18(14-12-17)26(24,25)21-15-4-2/h2,5-7,9-14,19,21H,3,8,15H2,1H3,(H,22,23). The number of terminal acetylenes is 1. The molecule has 2 N–H and O–H groups in total. The molecule has 5 nitrogen and oxygen atoms in total. The number of rotatable bonds is 8. The van der Waals surface area contributed by atoms with Crippen molar-refractivity contribution in [1.82, 2.24) is 10.0 Å². The third-order valence-electron chi connectivity index (χ3n) is 3.88. The maximum atomic E-state index is 12.5. The minimum Gasteiger partial charge on any atom is -0.345 e. The van der Waals surface area contributed by atoms with Crippen LogP contribution >= 0.6 is 0 Å². The van der Waals surface area contributed by atoms with E-state index >= 15 is 0 Å². The monoisotopic (exact) mass is 370 g/mol. The van der Waals surface area contributed by atoms with Crippen LogP contribution in [0.15, 0.2) is 59.5 Å². The van der Waals surface area contributed by atoms with E-state index in [1.807, 2.05) is 30.3 Å². The Kier molecular flexibility index (Phi) is 6.96. The fraction of sp³-hybridized carbons (Fsp3) is 0.250. The van der Waals surface area contributed by atoms with Crippen LogP contribution in [-0.2, 0) is 10.0 Å². The van der Waals surface area contributed by atoms with Crippen LogP contribution in [0.3, 0.4) is 0 Å². The Hall–Kier alpha value is -2.62. The molecule has 1 atom stereocenters. The molecule has 1 unspecified atom stereocenters. The minimum absolute atomic E-state index is 0.0671. The van der Waals surface area contributed by atoms with E-state index in [-0.39, 0.29) is 23.4 Å². The average molecular weight is 370 g/mol. The largest absolute Gasteiger partial charge is 0.345 e. The summed E-state index contributed by atoms with van der Waals surface area (Å²) in [4.78, 5) is 12.6. The van der Waals surface area contributed by atoms with Gasteiger partial charge in [-0.05, 0) is 36.2 Å². The quantitative estimate of drug-likeness (QED) is 0.702. The fourth-order valence-electron chi connectivity index (χ4n) is 2.54. The van der Waals surface area contributed by atoms with Crippen molar-refractivity contribution >= 4 is 15.9 Å². The van der Waals surface area contributed by atoms with Gasteiger partial charge in [0.15, 0.2) is 0 Å². The van der Waals surface area contributed by atoms with Crippen molar-refractivity contribution in [2.75, 3.05) is 6.54 Å². The van der Waals surface area contributed by atoms with E-state index < -0.39 is 10.0 Å². The van der Waals surface area contributed by atoms with Crippen LogP contribution in [0, 0.1) is 12.3 Å². The van der Waals surface area contributed by atoms with E-state index in [1.165, 1.54) is 24.3 Å². The summed E-state index contributed by atoms with van der Waals surface area (Å²) in [6.45, 7) is 1.98. The van der Waals surface area contributed by atoms with Crippen LogP contribution < -0.4 is 10.0 Å². The predicted molar refractivity (Wildman–Crippen MR) is 102 cm³/mol. The van der Waals surface area contributed by atoms with Gasteiger partial charge in [0.05, 0.1) is 17.5 Å². The molecule has 2 aromatic rings. The van der Waals surface area contributed by atoms with E-state index in [1.54, 1.807) is 0 Å². The molecular formula is C20H22N2O3S. The molecule has 6 heteroatoms. The van der Waals surface area contributed by atoms with Gasteiger partial charge in [0.2, 0.25) is 10.0 Å².